The van der Waals surface area contributed by atoms with Gasteiger partial charge in [0, 0.05) is 26.5 Å². The molecule has 0 aliphatic heterocycles. The largest absolute Gasteiger partial charge is 0.321 e. The molecule has 162 valence electrons. The molecule has 9 heteroatoms. The number of hydrogen-bond acceptors (Lipinski definition) is 6. The number of nitrogens with one attached hydrogen (secondary N) is 2. The Kier molecular flexibility index (Phi) is 7.26. The van der Waals surface area contributed by atoms with Crippen LogP contribution in [0.3, 0.4) is 0 Å². The van der Waals surface area contributed by atoms with Gasteiger partial charge in [0.25, 0.3) is 5.91 Å². The summed E-state index contributed by atoms with van der Waals surface area (Å²) in [5, 5.41) is 10.3. The molecular weight excluding hydrogens is 482 g/mol. The molecule has 0 bridgehead atoms. The Labute approximate surface area is 202 Å². The third-order valence-electron chi connectivity index (χ3n) is 4.40. The van der Waals surface area contributed by atoms with Gasteiger partial charge in [-0.2, -0.15) is 0 Å². The maximum Gasteiger partial charge on any atom is 0.265 e. The van der Waals surface area contributed by atoms with Crippen molar-refractivity contribution in [1.29, 1.82) is 0 Å². The predicted molar refractivity (Wildman–Crippen MR) is 135 cm³/mol. The zero-order valence-electron chi connectivity index (χ0n) is 16.9. The van der Waals surface area contributed by atoms with Gasteiger partial charge in [0.05, 0.1) is 15.8 Å². The van der Waals surface area contributed by atoms with Gasteiger partial charge < -0.3 is 10.6 Å². The average Bonchev–Trinajstić information content (AvgIpc) is 3.47. The molecule has 32 heavy (non-hydrogen) atoms. The molecule has 1 unspecified atom stereocenters. The van der Waals surface area contributed by atoms with Gasteiger partial charge in [-0.1, -0.05) is 41.9 Å². The Morgan fingerprint density at radius 2 is 1.88 bits per heavy atom. The van der Waals surface area contributed by atoms with Crippen molar-refractivity contribution in [2.45, 2.75) is 17.1 Å². The lowest BCUT2D eigenvalue weighted by Gasteiger charge is -2.12. The first-order chi connectivity index (χ1) is 15.5. The lowest BCUT2D eigenvalue weighted by molar-refractivity contribution is -0.115. The molecule has 2 heterocycles. The summed E-state index contributed by atoms with van der Waals surface area (Å²) in [6, 6.07) is 18.5. The molecule has 2 aromatic heterocycles. The summed E-state index contributed by atoms with van der Waals surface area (Å²) in [5.74, 6) is -0.297. The lowest BCUT2D eigenvalue weighted by atomic mass is 10.2. The van der Waals surface area contributed by atoms with Crippen molar-refractivity contribution in [3.05, 3.63) is 81.3 Å². The molecule has 1 atom stereocenters. The minimum Gasteiger partial charge on any atom is -0.321 e. The fraction of sp³-hybridized carbons (Fsp3) is 0.0870. The maximum absolute atomic E-state index is 12.7. The van der Waals surface area contributed by atoms with Crippen molar-refractivity contribution in [2.24, 2.45) is 0 Å². The molecule has 0 aliphatic carbocycles. The van der Waals surface area contributed by atoms with Gasteiger partial charge in [-0.05, 0) is 42.6 Å². The quantitative estimate of drug-likeness (QED) is 0.271. The number of thiophene rings is 1. The van der Waals surface area contributed by atoms with E-state index in [1.54, 1.807) is 6.07 Å². The second-order valence-electron chi connectivity index (χ2n) is 6.73. The molecule has 2 amide bonds. The van der Waals surface area contributed by atoms with Crippen molar-refractivity contribution in [3.63, 3.8) is 0 Å². The Balaban J connectivity index is 1.37. The smallest absolute Gasteiger partial charge is 0.265 e. The van der Waals surface area contributed by atoms with Crippen LogP contribution in [0, 0.1) is 0 Å². The number of anilines is 2. The first-order valence-corrected chi connectivity index (χ1v) is 12.6. The first-order valence-electron chi connectivity index (χ1n) is 9.62. The molecule has 2 N–H and O–H groups in total. The van der Waals surface area contributed by atoms with Gasteiger partial charge >= 0.3 is 0 Å². The number of thioether (sulfide) groups is 1. The summed E-state index contributed by atoms with van der Waals surface area (Å²) in [6.07, 6.45) is 0. The van der Waals surface area contributed by atoms with Crippen LogP contribution >= 0.6 is 46.0 Å². The number of benzene rings is 2. The minimum absolute atomic E-state index is 0.147. The molecule has 0 saturated heterocycles. The van der Waals surface area contributed by atoms with E-state index >= 15 is 0 Å². The van der Waals surface area contributed by atoms with E-state index in [1.165, 1.54) is 34.4 Å². The monoisotopic (exact) mass is 499 g/mol. The second-order valence-corrected chi connectivity index (χ2v) is 10.4. The van der Waals surface area contributed by atoms with Crippen LogP contribution in [0.1, 0.15) is 16.6 Å². The molecule has 0 spiro atoms. The highest BCUT2D eigenvalue weighted by atomic mass is 35.5. The summed E-state index contributed by atoms with van der Waals surface area (Å²) >= 11 is 10.4. The highest BCUT2D eigenvalue weighted by Gasteiger charge is 2.17. The van der Waals surface area contributed by atoms with Crippen LogP contribution in [0.5, 0.6) is 0 Å². The number of rotatable bonds is 7. The Morgan fingerprint density at radius 3 is 2.66 bits per heavy atom. The van der Waals surface area contributed by atoms with Crippen LogP contribution in [-0.2, 0) is 4.79 Å². The number of carbonyl (C=O) groups excluding carboxylic acids is 2. The normalized spacial score (nSPS) is 11.7. The van der Waals surface area contributed by atoms with Crippen molar-refractivity contribution in [3.8, 4) is 11.3 Å². The third-order valence-corrected chi connectivity index (χ3v) is 7.45. The van der Waals surface area contributed by atoms with Crippen LogP contribution < -0.4 is 10.6 Å². The molecule has 0 radical (unpaired) electrons. The third kappa shape index (κ3) is 5.58. The van der Waals surface area contributed by atoms with E-state index < -0.39 is 0 Å². The SMILES string of the molecule is CC(Sc1cccc(NC(=O)c2cccs2)c1)C(=O)Nc1nc(-c2ccccc2Cl)cs1. The van der Waals surface area contributed by atoms with Crippen LogP contribution in [0.4, 0.5) is 10.8 Å². The Bertz CT molecular complexity index is 1240. The van der Waals surface area contributed by atoms with Crippen LogP contribution in [-0.4, -0.2) is 22.0 Å². The number of nitrogens with zero attached hydrogens (tertiary/aromatic N) is 1. The van der Waals surface area contributed by atoms with Gasteiger partial charge in [0.2, 0.25) is 5.91 Å². The second kappa shape index (κ2) is 10.3. The fourth-order valence-corrected chi connectivity index (χ4v) is 5.33. The van der Waals surface area contributed by atoms with E-state index in [2.05, 4.69) is 15.6 Å². The number of carbonyl (C=O) groups is 2. The number of amides is 2. The molecule has 0 saturated carbocycles. The summed E-state index contributed by atoms with van der Waals surface area (Å²) in [6.45, 7) is 1.83. The van der Waals surface area contributed by atoms with E-state index in [4.69, 9.17) is 11.6 Å². The van der Waals surface area contributed by atoms with Crippen molar-refractivity contribution >= 4 is 68.7 Å². The van der Waals surface area contributed by atoms with Gasteiger partial charge in [-0.15, -0.1) is 34.4 Å². The van der Waals surface area contributed by atoms with Crippen molar-refractivity contribution in [1.82, 2.24) is 4.98 Å². The number of thiazole rings is 1. The maximum atomic E-state index is 12.7. The van der Waals surface area contributed by atoms with Crippen molar-refractivity contribution in [2.75, 3.05) is 10.6 Å². The standard InChI is InChI=1S/C23H18ClN3O2S3/c1-14(21(28)27-23-26-19(13-31-23)17-8-2-3-9-18(17)24)32-16-7-4-6-15(12-16)25-22(29)20-10-5-11-30-20/h2-14H,1H3,(H,25,29)(H,26,27,28). The van der Waals surface area contributed by atoms with E-state index in [0.29, 0.717) is 20.7 Å². The van der Waals surface area contributed by atoms with E-state index in [-0.39, 0.29) is 17.1 Å². The molecular formula is C23H18ClN3O2S3. The molecule has 0 aliphatic rings. The average molecular weight is 500 g/mol. The summed E-state index contributed by atoms with van der Waals surface area (Å²) in [4.78, 5) is 31.0. The fourth-order valence-electron chi connectivity index (χ4n) is 2.84. The molecule has 4 rings (SSSR count). The minimum atomic E-state index is -0.356. The first kappa shape index (κ1) is 22.5. The highest BCUT2D eigenvalue weighted by molar-refractivity contribution is 8.00. The van der Waals surface area contributed by atoms with E-state index in [1.807, 2.05) is 72.3 Å². The van der Waals surface area contributed by atoms with Gasteiger partial charge in [0.15, 0.2) is 5.13 Å². The Morgan fingerprint density at radius 1 is 1.03 bits per heavy atom. The zero-order valence-corrected chi connectivity index (χ0v) is 20.1. The topological polar surface area (TPSA) is 71.1 Å². The van der Waals surface area contributed by atoms with Crippen LogP contribution in [0.2, 0.25) is 5.02 Å². The molecule has 2 aromatic carbocycles. The Hall–Kier alpha value is -2.65. The van der Waals surface area contributed by atoms with Gasteiger partial charge in [-0.3, -0.25) is 9.59 Å². The highest BCUT2D eigenvalue weighted by Crippen LogP contribution is 2.31. The summed E-state index contributed by atoms with van der Waals surface area (Å²) < 4.78 is 0. The van der Waals surface area contributed by atoms with E-state index in [0.717, 1.165) is 16.2 Å². The van der Waals surface area contributed by atoms with Gasteiger partial charge in [-0.25, -0.2) is 4.98 Å². The summed E-state index contributed by atoms with van der Waals surface area (Å²) in [7, 11) is 0. The van der Waals surface area contributed by atoms with Crippen molar-refractivity contribution < 1.29 is 9.59 Å². The molecule has 5 nitrogen and oxygen atoms in total. The number of aromatic nitrogens is 1. The molecule has 0 fully saturated rings. The van der Waals surface area contributed by atoms with E-state index in [9.17, 15) is 9.59 Å². The zero-order chi connectivity index (χ0) is 22.5. The van der Waals surface area contributed by atoms with Crippen LogP contribution in [0.15, 0.2) is 76.3 Å². The number of hydrogen-bond donors (Lipinski definition) is 2. The van der Waals surface area contributed by atoms with Crippen LogP contribution in [0.25, 0.3) is 11.3 Å². The molecule has 4 aromatic rings. The lowest BCUT2D eigenvalue weighted by Crippen LogP contribution is -2.22. The predicted octanol–water partition coefficient (Wildman–Crippen LogP) is 6.90. The number of halogens is 1. The summed E-state index contributed by atoms with van der Waals surface area (Å²) in [5.41, 5.74) is 2.24. The van der Waals surface area contributed by atoms with Gasteiger partial charge in [0.1, 0.15) is 0 Å².